The normalized spacial score (nSPS) is 29.0. The number of rotatable bonds is 3. The number of anilines is 1. The monoisotopic (exact) mass is 326 g/mol. The molecule has 1 aromatic heterocycles. The Morgan fingerprint density at radius 1 is 1.36 bits per heavy atom. The Kier molecular flexibility index (Phi) is 4.11. The van der Waals surface area contributed by atoms with Crippen LogP contribution in [0.25, 0.3) is 0 Å². The molecule has 0 aliphatic carbocycles. The van der Waals surface area contributed by atoms with Crippen LogP contribution in [-0.2, 0) is 19.6 Å². The van der Waals surface area contributed by atoms with Gasteiger partial charge in [-0.2, -0.15) is 4.31 Å². The van der Waals surface area contributed by atoms with Gasteiger partial charge < -0.3 is 10.1 Å². The van der Waals surface area contributed by atoms with Gasteiger partial charge in [-0.3, -0.25) is 9.78 Å². The van der Waals surface area contributed by atoms with Gasteiger partial charge in [0.05, 0.1) is 24.6 Å². The van der Waals surface area contributed by atoms with E-state index in [2.05, 4.69) is 15.3 Å². The number of hydrogen-bond acceptors (Lipinski definition) is 6. The number of amides is 1. The van der Waals surface area contributed by atoms with Crippen LogP contribution in [0.5, 0.6) is 0 Å². The third-order valence-corrected chi connectivity index (χ3v) is 5.33. The van der Waals surface area contributed by atoms with Crippen LogP contribution < -0.4 is 5.32 Å². The molecule has 2 aliphatic rings. The first-order valence-corrected chi connectivity index (χ1v) is 8.99. The third kappa shape index (κ3) is 3.11. The van der Waals surface area contributed by atoms with E-state index in [0.29, 0.717) is 31.6 Å². The summed E-state index contributed by atoms with van der Waals surface area (Å²) in [6.45, 7) is 0.451. The molecular weight excluding hydrogens is 308 g/mol. The van der Waals surface area contributed by atoms with Gasteiger partial charge in [0.1, 0.15) is 6.10 Å². The molecular formula is C13H18N4O4S. The standard InChI is InChI=1S/C13H18N4O4S/c1-22(19,20)17-7-4-10-9(17)2-3-11(21-10)13(18)16-12-8-14-5-6-15-12/h5-6,8-11H,2-4,7H2,1H3,(H,15,16,18)/t9-,10-,11-/m0/s1. The van der Waals surface area contributed by atoms with E-state index in [9.17, 15) is 13.2 Å². The summed E-state index contributed by atoms with van der Waals surface area (Å²) in [5.74, 6) is 0.110. The lowest BCUT2D eigenvalue weighted by molar-refractivity contribution is -0.137. The molecule has 0 bridgehead atoms. The number of sulfonamides is 1. The van der Waals surface area contributed by atoms with E-state index in [1.165, 1.54) is 29.2 Å². The zero-order chi connectivity index (χ0) is 15.7. The summed E-state index contributed by atoms with van der Waals surface area (Å²) in [5.41, 5.74) is 0. The lowest BCUT2D eigenvalue weighted by Crippen LogP contribution is -2.47. The average Bonchev–Trinajstić information content (AvgIpc) is 2.91. The average molecular weight is 326 g/mol. The van der Waals surface area contributed by atoms with Crippen LogP contribution in [0.15, 0.2) is 18.6 Å². The Balaban J connectivity index is 1.62. The van der Waals surface area contributed by atoms with E-state index in [4.69, 9.17) is 4.74 Å². The van der Waals surface area contributed by atoms with Crippen LogP contribution in [0.2, 0.25) is 0 Å². The molecule has 1 N–H and O–H groups in total. The van der Waals surface area contributed by atoms with Crippen molar-refractivity contribution in [3.05, 3.63) is 18.6 Å². The fourth-order valence-electron chi connectivity index (χ4n) is 3.06. The van der Waals surface area contributed by atoms with Gasteiger partial charge in [0, 0.05) is 18.9 Å². The van der Waals surface area contributed by atoms with Crippen LogP contribution in [-0.4, -0.2) is 59.6 Å². The molecule has 0 saturated carbocycles. The quantitative estimate of drug-likeness (QED) is 0.839. The van der Waals surface area contributed by atoms with Crippen molar-refractivity contribution in [2.45, 2.75) is 37.5 Å². The minimum atomic E-state index is -3.22. The van der Waals surface area contributed by atoms with Crippen LogP contribution in [0.4, 0.5) is 5.82 Å². The van der Waals surface area contributed by atoms with Crippen LogP contribution in [0.1, 0.15) is 19.3 Å². The van der Waals surface area contributed by atoms with E-state index >= 15 is 0 Å². The van der Waals surface area contributed by atoms with Gasteiger partial charge in [-0.05, 0) is 19.3 Å². The van der Waals surface area contributed by atoms with Crippen LogP contribution >= 0.6 is 0 Å². The number of aromatic nitrogens is 2. The predicted octanol–water partition coefficient (Wildman–Crippen LogP) is -0.00340. The SMILES string of the molecule is CS(=O)(=O)N1CC[C@@H]2O[C@H](C(=O)Nc3cnccn3)CC[C@@H]21. The van der Waals surface area contributed by atoms with E-state index in [0.717, 1.165) is 0 Å². The molecule has 8 nitrogen and oxygen atoms in total. The van der Waals surface area contributed by atoms with Crippen molar-refractivity contribution in [1.29, 1.82) is 0 Å². The van der Waals surface area contributed by atoms with Gasteiger partial charge in [0.25, 0.3) is 5.91 Å². The summed E-state index contributed by atoms with van der Waals surface area (Å²) in [7, 11) is -3.22. The lowest BCUT2D eigenvalue weighted by atomic mass is 9.99. The second-order valence-corrected chi connectivity index (χ2v) is 7.49. The van der Waals surface area contributed by atoms with Gasteiger partial charge in [-0.15, -0.1) is 0 Å². The number of carbonyl (C=O) groups is 1. The van der Waals surface area contributed by atoms with Crippen molar-refractivity contribution in [3.63, 3.8) is 0 Å². The minimum absolute atomic E-state index is 0.157. The molecule has 1 aromatic rings. The molecule has 0 unspecified atom stereocenters. The fourth-order valence-corrected chi connectivity index (χ4v) is 4.23. The Bertz CT molecular complexity index is 651. The Morgan fingerprint density at radius 2 is 2.18 bits per heavy atom. The van der Waals surface area contributed by atoms with E-state index in [1.807, 2.05) is 0 Å². The number of hydrogen-bond donors (Lipinski definition) is 1. The van der Waals surface area contributed by atoms with Gasteiger partial charge >= 0.3 is 0 Å². The third-order valence-electron chi connectivity index (χ3n) is 4.03. The molecule has 22 heavy (non-hydrogen) atoms. The Hall–Kier alpha value is -1.58. The van der Waals surface area contributed by atoms with Crippen molar-refractivity contribution in [3.8, 4) is 0 Å². The van der Waals surface area contributed by atoms with E-state index < -0.39 is 16.1 Å². The first-order valence-electron chi connectivity index (χ1n) is 7.14. The molecule has 9 heteroatoms. The topological polar surface area (TPSA) is 101 Å². The number of nitrogens with zero attached hydrogens (tertiary/aromatic N) is 3. The summed E-state index contributed by atoms with van der Waals surface area (Å²) >= 11 is 0. The van der Waals surface area contributed by atoms with Crippen molar-refractivity contribution in [2.24, 2.45) is 0 Å². The van der Waals surface area contributed by atoms with E-state index in [-0.39, 0.29) is 18.1 Å². The predicted molar refractivity (Wildman–Crippen MR) is 78.5 cm³/mol. The highest BCUT2D eigenvalue weighted by Crippen LogP contribution is 2.33. The van der Waals surface area contributed by atoms with Gasteiger partial charge in [-0.1, -0.05) is 0 Å². The molecule has 2 saturated heterocycles. The first kappa shape index (κ1) is 15.3. The smallest absolute Gasteiger partial charge is 0.254 e. The summed E-state index contributed by atoms with van der Waals surface area (Å²) in [6, 6.07) is -0.157. The zero-order valence-corrected chi connectivity index (χ0v) is 13.0. The van der Waals surface area contributed by atoms with Gasteiger partial charge in [0.2, 0.25) is 10.0 Å². The second-order valence-electron chi connectivity index (χ2n) is 5.55. The van der Waals surface area contributed by atoms with Crippen molar-refractivity contribution < 1.29 is 17.9 Å². The molecule has 0 spiro atoms. The van der Waals surface area contributed by atoms with Gasteiger partial charge in [-0.25, -0.2) is 13.4 Å². The minimum Gasteiger partial charge on any atom is -0.363 e. The molecule has 3 heterocycles. The highest BCUT2D eigenvalue weighted by molar-refractivity contribution is 7.88. The fraction of sp³-hybridized carbons (Fsp3) is 0.615. The molecule has 120 valence electrons. The van der Waals surface area contributed by atoms with Crippen molar-refractivity contribution >= 4 is 21.7 Å². The summed E-state index contributed by atoms with van der Waals surface area (Å²) in [5, 5.41) is 2.66. The largest absolute Gasteiger partial charge is 0.363 e. The Labute approximate surface area is 128 Å². The van der Waals surface area contributed by atoms with E-state index in [1.54, 1.807) is 0 Å². The number of carbonyl (C=O) groups excluding carboxylic acids is 1. The highest BCUT2D eigenvalue weighted by atomic mass is 32.2. The maximum Gasteiger partial charge on any atom is 0.254 e. The first-order chi connectivity index (χ1) is 10.4. The number of ether oxygens (including phenoxy) is 1. The van der Waals surface area contributed by atoms with Crippen molar-refractivity contribution in [1.82, 2.24) is 14.3 Å². The molecule has 2 aliphatic heterocycles. The maximum absolute atomic E-state index is 12.2. The summed E-state index contributed by atoms with van der Waals surface area (Å²) < 4.78 is 30.7. The lowest BCUT2D eigenvalue weighted by Gasteiger charge is -2.34. The zero-order valence-electron chi connectivity index (χ0n) is 12.2. The van der Waals surface area contributed by atoms with Crippen LogP contribution in [0, 0.1) is 0 Å². The Morgan fingerprint density at radius 3 is 2.86 bits per heavy atom. The van der Waals surface area contributed by atoms with Gasteiger partial charge in [0.15, 0.2) is 5.82 Å². The molecule has 0 aromatic carbocycles. The maximum atomic E-state index is 12.2. The molecule has 1 amide bonds. The van der Waals surface area contributed by atoms with Crippen LogP contribution in [0.3, 0.4) is 0 Å². The highest BCUT2D eigenvalue weighted by Gasteiger charge is 2.44. The second kappa shape index (κ2) is 5.90. The molecule has 3 atom stereocenters. The molecule has 0 radical (unpaired) electrons. The summed E-state index contributed by atoms with van der Waals surface area (Å²) in [4.78, 5) is 20.1. The van der Waals surface area contributed by atoms with Crippen molar-refractivity contribution in [2.75, 3.05) is 18.1 Å². The molecule has 2 fully saturated rings. The number of nitrogens with one attached hydrogen (secondary N) is 1. The molecule has 3 rings (SSSR count). The summed E-state index contributed by atoms with van der Waals surface area (Å²) in [6.07, 6.45) is 6.61. The number of fused-ring (bicyclic) bond motifs is 1.